The molecule has 0 unspecified atom stereocenters. The molecule has 1 aliphatic heterocycles. The molecule has 2 aromatic heterocycles. The highest BCUT2D eigenvalue weighted by Crippen LogP contribution is 2.34. The molecule has 0 saturated carbocycles. The maximum Gasteiger partial charge on any atom is 0.262 e. The topological polar surface area (TPSA) is 96.2 Å². The Morgan fingerprint density at radius 3 is 2.52 bits per heavy atom. The highest BCUT2D eigenvalue weighted by Gasteiger charge is 2.33. The number of nitrogens with zero attached hydrogens (tertiary/aromatic N) is 5. The third kappa shape index (κ3) is 5.22. The quantitative estimate of drug-likeness (QED) is 0.192. The van der Waals surface area contributed by atoms with Gasteiger partial charge in [-0.15, -0.1) is 0 Å². The number of hydrazone groups is 1. The molecule has 1 atom stereocenters. The van der Waals surface area contributed by atoms with Gasteiger partial charge in [-0.1, -0.05) is 69.7 Å². The van der Waals surface area contributed by atoms with Gasteiger partial charge in [0.25, 0.3) is 11.5 Å². The molecule has 0 saturated heterocycles. The fourth-order valence-corrected chi connectivity index (χ4v) is 5.51. The number of fused-ring (bicyclic) bond motifs is 1. The van der Waals surface area contributed by atoms with E-state index in [1.807, 2.05) is 55.5 Å². The van der Waals surface area contributed by atoms with Crippen LogP contribution >= 0.6 is 27.7 Å². The average Bonchev–Trinajstić information content (AvgIpc) is 3.59. The van der Waals surface area contributed by atoms with Crippen molar-refractivity contribution in [3.05, 3.63) is 116 Å². The molecule has 6 rings (SSSR count). The van der Waals surface area contributed by atoms with Crippen molar-refractivity contribution in [3.8, 4) is 5.69 Å². The summed E-state index contributed by atoms with van der Waals surface area (Å²) in [5.41, 5.74) is 4.42. The van der Waals surface area contributed by atoms with Crippen molar-refractivity contribution >= 4 is 50.3 Å². The average molecular weight is 618 g/mol. The zero-order valence-electron chi connectivity index (χ0n) is 21.2. The van der Waals surface area contributed by atoms with Crippen molar-refractivity contribution in [2.24, 2.45) is 5.10 Å². The summed E-state index contributed by atoms with van der Waals surface area (Å²) in [6, 6.07) is 21.5. The minimum absolute atomic E-state index is 0.0125. The molecular formula is C29H22BrFN6O2S. The predicted molar refractivity (Wildman–Crippen MR) is 156 cm³/mol. The summed E-state index contributed by atoms with van der Waals surface area (Å²) in [6.07, 6.45) is 2.00. The first kappa shape index (κ1) is 26.1. The summed E-state index contributed by atoms with van der Waals surface area (Å²) in [7, 11) is 0. The Kier molecular flexibility index (Phi) is 7.07. The van der Waals surface area contributed by atoms with Crippen molar-refractivity contribution in [1.82, 2.24) is 24.8 Å². The minimum Gasteiger partial charge on any atom is -0.301 e. The molecular weight excluding hydrogens is 595 g/mol. The summed E-state index contributed by atoms with van der Waals surface area (Å²) in [4.78, 5) is 33.6. The normalized spacial score (nSPS) is 15.0. The number of carbonyl (C=O) groups excluding carboxylic acids is 1. The summed E-state index contributed by atoms with van der Waals surface area (Å²) < 4.78 is 15.9. The van der Waals surface area contributed by atoms with Crippen LogP contribution in [-0.2, 0) is 4.79 Å². The van der Waals surface area contributed by atoms with Crippen LogP contribution in [0.4, 0.5) is 4.39 Å². The van der Waals surface area contributed by atoms with Crippen LogP contribution in [0.1, 0.15) is 29.2 Å². The predicted octanol–water partition coefficient (Wildman–Crippen LogP) is 5.79. The second-order valence-electron chi connectivity index (χ2n) is 9.35. The van der Waals surface area contributed by atoms with Gasteiger partial charge in [-0.25, -0.2) is 19.1 Å². The molecule has 0 fully saturated rings. The van der Waals surface area contributed by atoms with Gasteiger partial charge in [-0.05, 0) is 54.4 Å². The largest absolute Gasteiger partial charge is 0.301 e. The lowest BCUT2D eigenvalue weighted by molar-refractivity contribution is -0.130. The fraction of sp³-hybridized carbons (Fsp3) is 0.138. The molecule has 0 spiro atoms. The van der Waals surface area contributed by atoms with Crippen molar-refractivity contribution in [3.63, 3.8) is 0 Å². The highest BCUT2D eigenvalue weighted by molar-refractivity contribution is 9.10. The van der Waals surface area contributed by atoms with E-state index in [9.17, 15) is 14.0 Å². The maximum atomic E-state index is 13.5. The monoisotopic (exact) mass is 616 g/mol. The Morgan fingerprint density at radius 1 is 1.07 bits per heavy atom. The summed E-state index contributed by atoms with van der Waals surface area (Å²) in [6.45, 7) is 2.02. The lowest BCUT2D eigenvalue weighted by Crippen LogP contribution is -2.28. The van der Waals surface area contributed by atoms with E-state index in [1.54, 1.807) is 12.1 Å². The number of aryl methyl sites for hydroxylation is 1. The number of aromatic nitrogens is 4. The van der Waals surface area contributed by atoms with Gasteiger partial charge >= 0.3 is 0 Å². The van der Waals surface area contributed by atoms with E-state index in [2.05, 4.69) is 31.0 Å². The number of H-pyrrole nitrogens is 1. The molecule has 1 aliphatic rings. The SMILES string of the molecule is Cc1ccc([C@H]2CC(c3ccc(Br)cc3)=NN2C(=O)CSc2nc3c(cnn3-c3ccc(F)cc3)c(=O)[nH]2)cc1. The van der Waals surface area contributed by atoms with Crippen LogP contribution in [0, 0.1) is 12.7 Å². The van der Waals surface area contributed by atoms with Gasteiger partial charge in [0, 0.05) is 10.9 Å². The van der Waals surface area contributed by atoms with Gasteiger partial charge in [0.2, 0.25) is 0 Å². The van der Waals surface area contributed by atoms with E-state index in [1.165, 1.54) is 28.0 Å². The molecule has 3 heterocycles. The Bertz CT molecular complexity index is 1800. The number of hydrogen-bond acceptors (Lipinski definition) is 6. The summed E-state index contributed by atoms with van der Waals surface area (Å²) in [5.74, 6) is -0.575. The number of thioether (sulfide) groups is 1. The van der Waals surface area contributed by atoms with Crippen LogP contribution in [0.2, 0.25) is 0 Å². The standard InChI is InChI=1S/C29H22BrFN6O2S/c1-17-2-4-19(5-3-17)25-14-24(18-6-8-20(30)9-7-18)35-37(25)26(38)16-40-29-33-27-23(28(39)34-29)15-32-36(27)22-12-10-21(31)11-13-22/h2-13,15,25H,14,16H2,1H3,(H,33,34,39)/t25-/m1/s1. The van der Waals surface area contributed by atoms with Crippen molar-refractivity contribution < 1.29 is 9.18 Å². The molecule has 1 N–H and O–H groups in total. The number of nitrogens with one attached hydrogen (secondary N) is 1. The van der Waals surface area contributed by atoms with Gasteiger partial charge in [-0.3, -0.25) is 9.59 Å². The molecule has 5 aromatic rings. The van der Waals surface area contributed by atoms with E-state index >= 15 is 0 Å². The number of aromatic amines is 1. The van der Waals surface area contributed by atoms with E-state index in [0.717, 1.165) is 38.6 Å². The fourth-order valence-electron chi connectivity index (χ4n) is 4.54. The molecule has 0 radical (unpaired) electrons. The molecule has 0 aliphatic carbocycles. The van der Waals surface area contributed by atoms with Gasteiger partial charge in [0.1, 0.15) is 11.2 Å². The lowest BCUT2D eigenvalue weighted by atomic mass is 9.98. The number of rotatable bonds is 6. The first-order valence-corrected chi connectivity index (χ1v) is 14.2. The zero-order valence-corrected chi connectivity index (χ0v) is 23.6. The van der Waals surface area contributed by atoms with Crippen molar-refractivity contribution in [2.45, 2.75) is 24.5 Å². The minimum atomic E-state index is -0.377. The van der Waals surface area contributed by atoms with Crippen molar-refractivity contribution in [2.75, 3.05) is 5.75 Å². The Balaban J connectivity index is 1.27. The van der Waals surface area contributed by atoms with E-state index in [4.69, 9.17) is 5.10 Å². The molecule has 40 heavy (non-hydrogen) atoms. The number of benzene rings is 3. The second kappa shape index (κ2) is 10.8. The molecule has 11 heteroatoms. The molecule has 1 amide bonds. The zero-order chi connectivity index (χ0) is 27.8. The van der Waals surface area contributed by atoms with Crippen LogP contribution in [0.15, 0.2) is 98.5 Å². The van der Waals surface area contributed by atoms with E-state index in [-0.39, 0.29) is 34.2 Å². The van der Waals surface area contributed by atoms with Crippen LogP contribution in [-0.4, -0.2) is 42.1 Å². The number of halogens is 2. The second-order valence-corrected chi connectivity index (χ2v) is 11.2. The van der Waals surface area contributed by atoms with Gasteiger partial charge in [0.05, 0.1) is 29.4 Å². The van der Waals surface area contributed by atoms with Crippen LogP contribution in [0.5, 0.6) is 0 Å². The van der Waals surface area contributed by atoms with Gasteiger partial charge < -0.3 is 4.98 Å². The Labute approximate surface area is 241 Å². The van der Waals surface area contributed by atoms with Gasteiger partial charge in [0.15, 0.2) is 10.8 Å². The highest BCUT2D eigenvalue weighted by atomic mass is 79.9. The first-order valence-electron chi connectivity index (χ1n) is 12.4. The van der Waals surface area contributed by atoms with Crippen molar-refractivity contribution in [1.29, 1.82) is 0 Å². The third-order valence-electron chi connectivity index (χ3n) is 6.63. The molecule has 3 aromatic carbocycles. The Hall–Kier alpha value is -4.09. The number of hydrogen-bond donors (Lipinski definition) is 1. The van der Waals surface area contributed by atoms with Gasteiger partial charge in [-0.2, -0.15) is 10.2 Å². The number of carbonyl (C=O) groups is 1. The van der Waals surface area contributed by atoms with E-state index < -0.39 is 0 Å². The van der Waals surface area contributed by atoms with E-state index in [0.29, 0.717) is 23.1 Å². The van der Waals surface area contributed by atoms with Crippen LogP contribution < -0.4 is 5.56 Å². The maximum absolute atomic E-state index is 13.5. The third-order valence-corrected chi connectivity index (χ3v) is 8.01. The van der Waals surface area contributed by atoms with Crippen LogP contribution in [0.25, 0.3) is 16.7 Å². The summed E-state index contributed by atoms with van der Waals surface area (Å²) >= 11 is 4.58. The summed E-state index contributed by atoms with van der Waals surface area (Å²) in [5, 5.41) is 11.1. The number of amides is 1. The molecule has 8 nitrogen and oxygen atoms in total. The lowest BCUT2D eigenvalue weighted by Gasteiger charge is -2.22. The molecule has 0 bridgehead atoms. The Morgan fingerprint density at radius 2 is 1.80 bits per heavy atom. The smallest absolute Gasteiger partial charge is 0.262 e. The molecule has 200 valence electrons. The first-order chi connectivity index (χ1) is 19.4. The van der Waals surface area contributed by atoms with Crippen LogP contribution in [0.3, 0.4) is 0 Å².